The summed E-state index contributed by atoms with van der Waals surface area (Å²) in [5.74, 6) is 0. The molecule has 4 heteroatoms. The molecule has 1 aromatic rings. The first-order valence-corrected chi connectivity index (χ1v) is 5.72. The Balaban J connectivity index is 1.83. The van der Waals surface area contributed by atoms with Crippen LogP contribution in [0.15, 0.2) is 18.2 Å². The quantitative estimate of drug-likeness (QED) is 0.832. The van der Waals surface area contributed by atoms with Crippen molar-refractivity contribution in [3.63, 3.8) is 0 Å². The number of rotatable bonds is 4. The molecule has 0 spiro atoms. The van der Waals surface area contributed by atoms with E-state index in [1.807, 2.05) is 18.2 Å². The smallest absolute Gasteiger partial charge is 0.0891 e. The third kappa shape index (κ3) is 3.27. The number of nitrogens with zero attached hydrogens (tertiary/aromatic N) is 1. The Morgan fingerprint density at radius 2 is 2.06 bits per heavy atom. The summed E-state index contributed by atoms with van der Waals surface area (Å²) < 4.78 is 11.1. The SMILES string of the molecule is NCc1cccc(COC2CCOCC2)n1. The predicted octanol–water partition coefficient (Wildman–Crippen LogP) is 1.24. The average Bonchev–Trinajstić information content (AvgIpc) is 2.38. The van der Waals surface area contributed by atoms with Crippen LogP contribution in [-0.4, -0.2) is 24.3 Å². The topological polar surface area (TPSA) is 57.4 Å². The summed E-state index contributed by atoms with van der Waals surface area (Å²) in [4.78, 5) is 4.39. The highest BCUT2D eigenvalue weighted by Gasteiger charge is 2.14. The van der Waals surface area contributed by atoms with Crippen LogP contribution in [-0.2, 0) is 22.6 Å². The fourth-order valence-corrected chi connectivity index (χ4v) is 1.77. The monoisotopic (exact) mass is 222 g/mol. The maximum atomic E-state index is 5.79. The Hall–Kier alpha value is -0.970. The molecule has 1 saturated heterocycles. The molecule has 0 aromatic carbocycles. The van der Waals surface area contributed by atoms with E-state index in [-0.39, 0.29) is 0 Å². The van der Waals surface area contributed by atoms with E-state index in [1.165, 1.54) is 0 Å². The average molecular weight is 222 g/mol. The van der Waals surface area contributed by atoms with Gasteiger partial charge in [0.2, 0.25) is 0 Å². The fourth-order valence-electron chi connectivity index (χ4n) is 1.77. The maximum absolute atomic E-state index is 5.79. The van der Waals surface area contributed by atoms with Gasteiger partial charge in [-0.1, -0.05) is 6.07 Å². The van der Waals surface area contributed by atoms with Gasteiger partial charge in [-0.25, -0.2) is 0 Å². The Morgan fingerprint density at radius 3 is 2.81 bits per heavy atom. The zero-order chi connectivity index (χ0) is 11.2. The van der Waals surface area contributed by atoms with E-state index in [2.05, 4.69) is 4.98 Å². The van der Waals surface area contributed by atoms with Crippen molar-refractivity contribution in [3.8, 4) is 0 Å². The van der Waals surface area contributed by atoms with Crippen LogP contribution in [0.5, 0.6) is 0 Å². The lowest BCUT2D eigenvalue weighted by molar-refractivity contribution is -0.0399. The fraction of sp³-hybridized carbons (Fsp3) is 0.583. The third-order valence-electron chi connectivity index (χ3n) is 2.71. The first-order valence-electron chi connectivity index (χ1n) is 5.72. The molecule has 0 unspecified atom stereocenters. The van der Waals surface area contributed by atoms with Crippen LogP contribution < -0.4 is 5.73 Å². The van der Waals surface area contributed by atoms with E-state index < -0.39 is 0 Å². The van der Waals surface area contributed by atoms with Crippen molar-refractivity contribution in [1.82, 2.24) is 4.98 Å². The van der Waals surface area contributed by atoms with Crippen LogP contribution in [0.2, 0.25) is 0 Å². The molecule has 16 heavy (non-hydrogen) atoms. The first-order chi connectivity index (χ1) is 7.88. The van der Waals surface area contributed by atoms with Gasteiger partial charge < -0.3 is 15.2 Å². The third-order valence-corrected chi connectivity index (χ3v) is 2.71. The molecule has 0 atom stereocenters. The van der Waals surface area contributed by atoms with Crippen LogP contribution in [0.1, 0.15) is 24.2 Å². The van der Waals surface area contributed by atoms with E-state index in [4.69, 9.17) is 15.2 Å². The molecule has 2 rings (SSSR count). The minimum absolute atomic E-state index is 0.317. The Kier molecular flexibility index (Phi) is 4.27. The van der Waals surface area contributed by atoms with E-state index in [9.17, 15) is 0 Å². The summed E-state index contributed by atoms with van der Waals surface area (Å²) in [5, 5.41) is 0. The molecular formula is C12H18N2O2. The number of nitrogens with two attached hydrogens (primary N) is 1. The number of pyridine rings is 1. The van der Waals surface area contributed by atoms with Crippen molar-refractivity contribution in [1.29, 1.82) is 0 Å². The number of ether oxygens (including phenoxy) is 2. The summed E-state index contributed by atoms with van der Waals surface area (Å²) in [5.41, 5.74) is 7.40. The second kappa shape index (κ2) is 5.94. The van der Waals surface area contributed by atoms with Crippen LogP contribution in [0.25, 0.3) is 0 Å². The minimum Gasteiger partial charge on any atom is -0.381 e. The molecule has 1 aliphatic heterocycles. The summed E-state index contributed by atoms with van der Waals surface area (Å²) >= 11 is 0. The van der Waals surface area contributed by atoms with Crippen molar-refractivity contribution in [3.05, 3.63) is 29.6 Å². The largest absolute Gasteiger partial charge is 0.381 e. The summed E-state index contributed by atoms with van der Waals surface area (Å²) in [7, 11) is 0. The number of hydrogen-bond acceptors (Lipinski definition) is 4. The van der Waals surface area contributed by atoms with Crippen LogP contribution in [0, 0.1) is 0 Å². The van der Waals surface area contributed by atoms with E-state index >= 15 is 0 Å². The lowest BCUT2D eigenvalue weighted by Crippen LogP contribution is -2.23. The molecule has 1 aliphatic rings. The van der Waals surface area contributed by atoms with Crippen LogP contribution >= 0.6 is 0 Å². The van der Waals surface area contributed by atoms with Gasteiger partial charge >= 0.3 is 0 Å². The maximum Gasteiger partial charge on any atom is 0.0891 e. The van der Waals surface area contributed by atoms with Crippen LogP contribution in [0.4, 0.5) is 0 Å². The Bertz CT molecular complexity index is 325. The zero-order valence-corrected chi connectivity index (χ0v) is 9.39. The van der Waals surface area contributed by atoms with Crippen LogP contribution in [0.3, 0.4) is 0 Å². The number of hydrogen-bond donors (Lipinski definition) is 1. The van der Waals surface area contributed by atoms with Gasteiger partial charge in [-0.15, -0.1) is 0 Å². The van der Waals surface area contributed by atoms with Gasteiger partial charge in [-0.3, -0.25) is 4.98 Å². The van der Waals surface area contributed by atoms with Gasteiger partial charge in [-0.2, -0.15) is 0 Å². The zero-order valence-electron chi connectivity index (χ0n) is 9.39. The molecular weight excluding hydrogens is 204 g/mol. The van der Waals surface area contributed by atoms with Gasteiger partial charge in [0.05, 0.1) is 24.1 Å². The Morgan fingerprint density at radius 1 is 1.31 bits per heavy atom. The van der Waals surface area contributed by atoms with Crippen molar-refractivity contribution in [2.24, 2.45) is 5.73 Å². The van der Waals surface area contributed by atoms with Crippen molar-refractivity contribution < 1.29 is 9.47 Å². The van der Waals surface area contributed by atoms with E-state index in [0.29, 0.717) is 19.3 Å². The van der Waals surface area contributed by atoms with Crippen molar-refractivity contribution in [2.45, 2.75) is 32.1 Å². The molecule has 0 bridgehead atoms. The van der Waals surface area contributed by atoms with Crippen molar-refractivity contribution >= 4 is 0 Å². The Labute approximate surface area is 95.8 Å². The predicted molar refractivity (Wildman–Crippen MR) is 60.8 cm³/mol. The van der Waals surface area contributed by atoms with Gasteiger partial charge in [-0.05, 0) is 25.0 Å². The molecule has 0 aliphatic carbocycles. The van der Waals surface area contributed by atoms with E-state index in [1.54, 1.807) is 0 Å². The van der Waals surface area contributed by atoms with Gasteiger partial charge in [0.1, 0.15) is 0 Å². The second-order valence-corrected chi connectivity index (χ2v) is 3.95. The molecule has 4 nitrogen and oxygen atoms in total. The molecule has 0 saturated carbocycles. The standard InChI is InChI=1S/C12H18N2O2/c13-8-10-2-1-3-11(14-10)9-16-12-4-6-15-7-5-12/h1-3,12H,4-9,13H2. The molecule has 0 radical (unpaired) electrons. The highest BCUT2D eigenvalue weighted by molar-refractivity contribution is 5.10. The lowest BCUT2D eigenvalue weighted by Gasteiger charge is -2.22. The highest BCUT2D eigenvalue weighted by Crippen LogP contribution is 2.12. The lowest BCUT2D eigenvalue weighted by atomic mass is 10.1. The minimum atomic E-state index is 0.317. The number of aromatic nitrogens is 1. The summed E-state index contributed by atoms with van der Waals surface area (Å²) in [6.45, 7) is 2.66. The normalized spacial score (nSPS) is 17.6. The van der Waals surface area contributed by atoms with Gasteiger partial charge in [0.15, 0.2) is 0 Å². The molecule has 0 amide bonds. The molecule has 88 valence electrons. The summed E-state index contributed by atoms with van der Waals surface area (Å²) in [6.07, 6.45) is 2.28. The van der Waals surface area contributed by atoms with Gasteiger partial charge in [0.25, 0.3) is 0 Å². The first kappa shape index (κ1) is 11.5. The highest BCUT2D eigenvalue weighted by atomic mass is 16.5. The molecule has 2 N–H and O–H groups in total. The van der Waals surface area contributed by atoms with E-state index in [0.717, 1.165) is 37.4 Å². The molecule has 1 aromatic heterocycles. The molecule has 2 heterocycles. The van der Waals surface area contributed by atoms with Crippen molar-refractivity contribution in [2.75, 3.05) is 13.2 Å². The summed E-state index contributed by atoms with van der Waals surface area (Å²) in [6, 6.07) is 5.87. The molecule has 1 fully saturated rings. The van der Waals surface area contributed by atoms with Gasteiger partial charge in [0, 0.05) is 19.8 Å². The second-order valence-electron chi connectivity index (χ2n) is 3.95.